The average Bonchev–Trinajstić information content (AvgIpc) is 2.41. The van der Waals surface area contributed by atoms with Crippen molar-refractivity contribution in [3.05, 3.63) is 27.7 Å². The van der Waals surface area contributed by atoms with Gasteiger partial charge >= 0.3 is 5.97 Å². The van der Waals surface area contributed by atoms with Gasteiger partial charge in [0.1, 0.15) is 0 Å². The molecule has 1 atom stereocenters. The van der Waals surface area contributed by atoms with Crippen molar-refractivity contribution in [1.82, 2.24) is 4.72 Å². The molecule has 0 radical (unpaired) electrons. The second-order valence-electron chi connectivity index (χ2n) is 4.95. The van der Waals surface area contributed by atoms with Gasteiger partial charge in [0, 0.05) is 17.1 Å². The molecule has 2 N–H and O–H groups in total. The van der Waals surface area contributed by atoms with Gasteiger partial charge in [0.2, 0.25) is 10.0 Å². The van der Waals surface area contributed by atoms with E-state index in [1.807, 2.05) is 0 Å². The van der Waals surface area contributed by atoms with Gasteiger partial charge in [-0.15, -0.1) is 0 Å². The summed E-state index contributed by atoms with van der Waals surface area (Å²) in [5.41, 5.74) is 0.492. The van der Waals surface area contributed by atoms with Gasteiger partial charge in [-0.05, 0) is 53.4 Å². The lowest BCUT2D eigenvalue weighted by molar-refractivity contribution is 0.0696. The number of carboxylic acid groups (broad SMARTS) is 1. The van der Waals surface area contributed by atoms with E-state index in [1.165, 1.54) is 6.07 Å². The van der Waals surface area contributed by atoms with Crippen LogP contribution in [0.1, 0.15) is 28.8 Å². The number of aromatic carboxylic acids is 1. The van der Waals surface area contributed by atoms with Crippen LogP contribution in [0.3, 0.4) is 0 Å². The van der Waals surface area contributed by atoms with Crippen LogP contribution in [-0.2, 0) is 14.8 Å². The fourth-order valence-electron chi connectivity index (χ4n) is 2.17. The molecule has 0 aromatic heterocycles. The Kier molecular flexibility index (Phi) is 5.03. The van der Waals surface area contributed by atoms with E-state index in [0.717, 1.165) is 12.5 Å². The molecular formula is C13H16BrNO5S. The van der Waals surface area contributed by atoms with Gasteiger partial charge in [-0.1, -0.05) is 0 Å². The van der Waals surface area contributed by atoms with Crippen molar-refractivity contribution in [1.29, 1.82) is 0 Å². The van der Waals surface area contributed by atoms with Crippen LogP contribution in [0.15, 0.2) is 21.5 Å². The molecule has 0 bridgehead atoms. The maximum atomic E-state index is 12.5. The van der Waals surface area contributed by atoms with Crippen LogP contribution >= 0.6 is 15.9 Å². The molecule has 0 amide bonds. The van der Waals surface area contributed by atoms with Gasteiger partial charge in [-0.25, -0.2) is 17.9 Å². The van der Waals surface area contributed by atoms with Gasteiger partial charge in [-0.2, -0.15) is 0 Å². The van der Waals surface area contributed by atoms with E-state index in [-0.39, 0.29) is 16.5 Å². The number of ether oxygens (including phenoxy) is 1. The van der Waals surface area contributed by atoms with Crippen LogP contribution < -0.4 is 4.72 Å². The summed E-state index contributed by atoms with van der Waals surface area (Å²) in [4.78, 5) is 11.0. The summed E-state index contributed by atoms with van der Waals surface area (Å²) in [5, 5.41) is 9.06. The van der Waals surface area contributed by atoms with E-state index < -0.39 is 16.0 Å². The maximum absolute atomic E-state index is 12.5. The number of aryl methyl sites for hydroxylation is 1. The van der Waals surface area contributed by atoms with Crippen LogP contribution in [-0.4, -0.2) is 38.7 Å². The minimum atomic E-state index is -3.81. The molecule has 0 spiro atoms. The molecule has 1 aliphatic heterocycles. The molecule has 1 fully saturated rings. The smallest absolute Gasteiger partial charge is 0.335 e. The Morgan fingerprint density at radius 2 is 2.19 bits per heavy atom. The molecule has 6 nitrogen and oxygen atoms in total. The minimum absolute atomic E-state index is 0.0593. The SMILES string of the molecule is Cc1cc(C(=O)O)cc(S(=O)(=O)NC2CCCOC2)c1Br. The van der Waals surface area contributed by atoms with Crippen LogP contribution in [0, 0.1) is 6.92 Å². The molecule has 0 aliphatic carbocycles. The summed E-state index contributed by atoms with van der Waals surface area (Å²) in [5.74, 6) is -1.16. The minimum Gasteiger partial charge on any atom is -0.478 e. The second kappa shape index (κ2) is 6.43. The number of hydrogen-bond acceptors (Lipinski definition) is 4. The predicted molar refractivity (Wildman–Crippen MR) is 80.0 cm³/mol. The summed E-state index contributed by atoms with van der Waals surface area (Å²) in [6, 6.07) is 2.30. The highest BCUT2D eigenvalue weighted by atomic mass is 79.9. The monoisotopic (exact) mass is 377 g/mol. The molecule has 1 aromatic rings. The Morgan fingerprint density at radius 1 is 1.48 bits per heavy atom. The zero-order valence-corrected chi connectivity index (χ0v) is 13.8. The van der Waals surface area contributed by atoms with E-state index in [4.69, 9.17) is 9.84 Å². The van der Waals surface area contributed by atoms with Gasteiger partial charge in [0.25, 0.3) is 0 Å². The van der Waals surface area contributed by atoms with Crippen molar-refractivity contribution < 1.29 is 23.1 Å². The van der Waals surface area contributed by atoms with E-state index in [1.54, 1.807) is 6.92 Å². The molecule has 1 unspecified atom stereocenters. The van der Waals surface area contributed by atoms with E-state index >= 15 is 0 Å². The Balaban J connectivity index is 2.36. The first-order valence-corrected chi connectivity index (χ1v) is 8.72. The second-order valence-corrected chi connectivity index (χ2v) is 7.42. The number of nitrogens with one attached hydrogen (secondary N) is 1. The molecule has 0 saturated carbocycles. The zero-order chi connectivity index (χ0) is 15.6. The molecule has 1 aliphatic rings. The molecule has 21 heavy (non-hydrogen) atoms. The number of sulfonamides is 1. The van der Waals surface area contributed by atoms with E-state index in [9.17, 15) is 13.2 Å². The van der Waals surface area contributed by atoms with Crippen molar-refractivity contribution in [2.24, 2.45) is 0 Å². The average molecular weight is 378 g/mol. The van der Waals surface area contributed by atoms with E-state index in [0.29, 0.717) is 29.7 Å². The Morgan fingerprint density at radius 3 is 2.76 bits per heavy atom. The number of halogens is 1. The quantitative estimate of drug-likeness (QED) is 0.835. The zero-order valence-electron chi connectivity index (χ0n) is 11.4. The standard InChI is InChI=1S/C13H16BrNO5S/c1-8-5-9(13(16)17)6-11(12(8)14)21(18,19)15-10-3-2-4-20-7-10/h5-6,10,15H,2-4,7H2,1H3,(H,16,17). The fraction of sp³-hybridized carbons (Fsp3) is 0.462. The number of carbonyl (C=O) groups is 1. The topological polar surface area (TPSA) is 92.7 Å². The lowest BCUT2D eigenvalue weighted by Gasteiger charge is -2.23. The first kappa shape index (κ1) is 16.4. The fourth-order valence-corrected chi connectivity index (χ4v) is 4.47. The van der Waals surface area contributed by atoms with Gasteiger partial charge in [0.15, 0.2) is 0 Å². The van der Waals surface area contributed by atoms with Gasteiger partial charge in [-0.3, -0.25) is 0 Å². The number of rotatable bonds is 4. The van der Waals surface area contributed by atoms with Gasteiger partial charge in [0.05, 0.1) is 17.1 Å². The molecule has 1 heterocycles. The van der Waals surface area contributed by atoms with Crippen molar-refractivity contribution in [3.8, 4) is 0 Å². The number of benzene rings is 1. The summed E-state index contributed by atoms with van der Waals surface area (Å²) in [7, 11) is -3.81. The first-order chi connectivity index (χ1) is 9.81. The van der Waals surface area contributed by atoms with Crippen molar-refractivity contribution in [2.75, 3.05) is 13.2 Å². The van der Waals surface area contributed by atoms with Crippen molar-refractivity contribution in [3.63, 3.8) is 0 Å². The highest BCUT2D eigenvalue weighted by Gasteiger charge is 2.26. The lowest BCUT2D eigenvalue weighted by Crippen LogP contribution is -2.40. The molecule has 1 aromatic carbocycles. The highest BCUT2D eigenvalue weighted by Crippen LogP contribution is 2.28. The predicted octanol–water partition coefficient (Wildman–Crippen LogP) is 1.91. The third kappa shape index (κ3) is 3.82. The largest absolute Gasteiger partial charge is 0.478 e. The van der Waals surface area contributed by atoms with E-state index in [2.05, 4.69) is 20.7 Å². The van der Waals surface area contributed by atoms with Crippen molar-refractivity contribution >= 4 is 31.9 Å². The summed E-state index contributed by atoms with van der Waals surface area (Å²) >= 11 is 3.22. The molecule has 1 saturated heterocycles. The third-order valence-corrected chi connectivity index (χ3v) is 6.10. The summed E-state index contributed by atoms with van der Waals surface area (Å²) < 4.78 is 33.1. The Bertz CT molecular complexity index is 653. The first-order valence-electron chi connectivity index (χ1n) is 6.45. The van der Waals surface area contributed by atoms with Gasteiger partial charge < -0.3 is 9.84 Å². The van der Waals surface area contributed by atoms with Crippen LogP contribution in [0.4, 0.5) is 0 Å². The van der Waals surface area contributed by atoms with Crippen LogP contribution in [0.5, 0.6) is 0 Å². The molecular weight excluding hydrogens is 362 g/mol. The Labute approximate surface area is 131 Å². The molecule has 116 valence electrons. The molecule has 8 heteroatoms. The van der Waals surface area contributed by atoms with Crippen molar-refractivity contribution in [2.45, 2.75) is 30.7 Å². The lowest BCUT2D eigenvalue weighted by atomic mass is 10.1. The molecule has 2 rings (SSSR count). The van der Waals surface area contributed by atoms with Crippen LogP contribution in [0.25, 0.3) is 0 Å². The summed E-state index contributed by atoms with van der Waals surface area (Å²) in [6.07, 6.45) is 1.50. The maximum Gasteiger partial charge on any atom is 0.335 e. The number of carboxylic acids is 1. The highest BCUT2D eigenvalue weighted by molar-refractivity contribution is 9.10. The normalized spacial score (nSPS) is 19.4. The van der Waals surface area contributed by atoms with Crippen LogP contribution in [0.2, 0.25) is 0 Å². The third-order valence-electron chi connectivity index (χ3n) is 3.24. The summed E-state index contributed by atoms with van der Waals surface area (Å²) in [6.45, 7) is 2.61. The Hall–Kier alpha value is -0.960. The number of hydrogen-bond donors (Lipinski definition) is 2.